The maximum atomic E-state index is 6.87. The van der Waals surface area contributed by atoms with Crippen molar-refractivity contribution in [3.63, 3.8) is 0 Å². The van der Waals surface area contributed by atoms with Crippen LogP contribution in [0.2, 0.25) is 0 Å². The van der Waals surface area contributed by atoms with Crippen LogP contribution >= 0.6 is 11.3 Å². The maximum Gasteiger partial charge on any atom is 0.138 e. The standard InChI is InChI=1S/C65H44N4S.C60H41N3O/c1-5-17-45(18-6-1)47-29-33-52(34-30-47)68(53-35-31-48(32-36-53)46-19-7-2-8-20-46)56-42-49(41-55(43-56)67(50-21-9-3-10-22-50)54-37-39-66-40-38-54)59-44-62-64(58-26-14-16-28-61(58)70-62)65-63(59)57-25-13-15-27-60(57)69(65)51-23-11-4-12-24-51;1-6-22-42(23-7-1)50-32-16-19-35-54(50)62(46-28-12-4-13-29-46)49-39-43(38-48(40-49)61(44-24-8-2-9-25-44)45-26-10-3-11-27-45)53-41-57-59(52-34-18-21-37-56(52)64-57)60-58(53)51-33-17-20-36-55(51)63(60)47-30-14-5-15-31-47/h1-44H;1-41H. The minimum absolute atomic E-state index is 0.841. The third-order valence-electron chi connectivity index (χ3n) is 25.7. The molecule has 5 heterocycles. The first-order valence-corrected chi connectivity index (χ1v) is 46.3. The lowest BCUT2D eigenvalue weighted by atomic mass is 9.95. The first-order chi connectivity index (χ1) is 66.5. The van der Waals surface area contributed by atoms with Crippen molar-refractivity contribution in [2.75, 3.05) is 19.6 Å². The molecule has 0 N–H and O–H groups in total. The van der Waals surface area contributed by atoms with Gasteiger partial charge in [-0.1, -0.05) is 315 Å². The smallest absolute Gasteiger partial charge is 0.138 e. The minimum Gasteiger partial charge on any atom is -0.456 e. The number of furan rings is 1. The molecular weight excluding hydrogens is 1650 g/mol. The summed E-state index contributed by atoms with van der Waals surface area (Å²) in [5, 5.41) is 9.51. The summed E-state index contributed by atoms with van der Waals surface area (Å²) in [6, 6.07) is 181. The average molecular weight is 1730 g/mol. The third kappa shape index (κ3) is 14.6. The average Bonchev–Trinajstić information content (AvgIpc) is 1.54. The zero-order valence-electron chi connectivity index (χ0n) is 73.0. The second-order valence-electron chi connectivity index (χ2n) is 33.7. The Morgan fingerprint density at radius 2 is 0.545 bits per heavy atom. The van der Waals surface area contributed by atoms with E-state index in [0.717, 1.165) is 140 Å². The molecule has 0 aliphatic heterocycles. The number of anilines is 12. The molecule has 20 aromatic carbocycles. The monoisotopic (exact) mass is 1730 g/mol. The van der Waals surface area contributed by atoms with Gasteiger partial charge < -0.3 is 33.2 Å². The Labute approximate surface area is 780 Å². The second-order valence-corrected chi connectivity index (χ2v) is 34.8. The Kier molecular flexibility index (Phi) is 20.7. The van der Waals surface area contributed by atoms with Crippen molar-refractivity contribution in [1.82, 2.24) is 14.1 Å². The van der Waals surface area contributed by atoms with Gasteiger partial charge in [0, 0.05) is 139 Å². The molecule has 0 bridgehead atoms. The fourth-order valence-electron chi connectivity index (χ4n) is 19.9. The zero-order chi connectivity index (χ0) is 88.8. The highest BCUT2D eigenvalue weighted by atomic mass is 32.1. The van der Waals surface area contributed by atoms with Crippen molar-refractivity contribution < 1.29 is 4.42 Å². The molecule has 0 saturated carbocycles. The van der Waals surface area contributed by atoms with Crippen molar-refractivity contribution in [3.05, 3.63) is 516 Å². The van der Waals surface area contributed by atoms with Crippen LogP contribution < -0.4 is 19.6 Å². The molecule has 134 heavy (non-hydrogen) atoms. The number of nitrogens with zero attached hydrogens (tertiary/aromatic N) is 7. The van der Waals surface area contributed by atoms with E-state index in [9.17, 15) is 0 Å². The zero-order valence-corrected chi connectivity index (χ0v) is 73.8. The van der Waals surface area contributed by atoms with Crippen LogP contribution in [0.25, 0.3) is 153 Å². The highest BCUT2D eigenvalue weighted by molar-refractivity contribution is 7.26. The van der Waals surface area contributed by atoms with Gasteiger partial charge in [-0.25, -0.2) is 0 Å². The molecule has 9 heteroatoms. The van der Waals surface area contributed by atoms with Crippen molar-refractivity contribution in [2.24, 2.45) is 0 Å². The van der Waals surface area contributed by atoms with Crippen molar-refractivity contribution >= 4 is 165 Å². The SMILES string of the molecule is c1ccc(-c2ccc(N(c3ccc(-c4ccccc4)cc3)c3cc(-c4cc5sc6ccccc6c5c5c4c4ccccc4n5-c4ccccc4)cc(N(c4ccccc4)c4ccncc4)c3)cc2)cc1.c1ccc(-c2ccccc2N(c2ccccc2)c2cc(-c3cc4oc5ccccc5c4c4c3c3ccccc3n4-c3ccccc3)cc(N(c3ccccc3)c3ccccc3)c2)cc1. The van der Waals surface area contributed by atoms with Crippen molar-refractivity contribution in [2.45, 2.75) is 0 Å². The van der Waals surface area contributed by atoms with Crippen LogP contribution in [0.1, 0.15) is 0 Å². The number of rotatable bonds is 19. The van der Waals surface area contributed by atoms with Crippen LogP contribution in [0.3, 0.4) is 0 Å². The molecule has 0 unspecified atom stereocenters. The first kappa shape index (κ1) is 79.7. The summed E-state index contributed by atoms with van der Waals surface area (Å²) in [4.78, 5) is 14.0. The molecule has 0 spiro atoms. The van der Waals surface area contributed by atoms with Gasteiger partial charge >= 0.3 is 0 Å². The molecule has 8 nitrogen and oxygen atoms in total. The van der Waals surface area contributed by atoms with E-state index in [2.05, 4.69) is 537 Å². The molecule has 0 aliphatic carbocycles. The number of thiophene rings is 1. The van der Waals surface area contributed by atoms with Gasteiger partial charge in [-0.15, -0.1) is 11.3 Å². The molecule has 0 radical (unpaired) electrons. The Balaban J connectivity index is 0.000000148. The number of aromatic nitrogens is 3. The van der Waals surface area contributed by atoms with Crippen LogP contribution in [0.4, 0.5) is 68.2 Å². The summed E-state index contributed by atoms with van der Waals surface area (Å²) in [5.41, 5.74) is 32.5. The summed E-state index contributed by atoms with van der Waals surface area (Å²) >= 11 is 1.87. The van der Waals surface area contributed by atoms with Gasteiger partial charge in [0.2, 0.25) is 0 Å². The highest BCUT2D eigenvalue weighted by Crippen LogP contribution is 2.54. The summed E-state index contributed by atoms with van der Waals surface area (Å²) in [6.45, 7) is 0. The Bertz CT molecular complexity index is 8410. The quantitative estimate of drug-likeness (QED) is 0.0804. The normalized spacial score (nSPS) is 11.4. The van der Waals surface area contributed by atoms with Crippen LogP contribution in [0.5, 0.6) is 0 Å². The first-order valence-electron chi connectivity index (χ1n) is 45.4. The van der Waals surface area contributed by atoms with Crippen LogP contribution in [-0.4, -0.2) is 14.1 Å². The summed E-state index contributed by atoms with van der Waals surface area (Å²) in [5.74, 6) is 0. The molecule has 0 saturated heterocycles. The molecule has 0 aliphatic rings. The van der Waals surface area contributed by atoms with Crippen molar-refractivity contribution in [1.29, 1.82) is 0 Å². The lowest BCUT2D eigenvalue weighted by molar-refractivity contribution is 0.669. The molecule has 0 atom stereocenters. The van der Waals surface area contributed by atoms with E-state index in [1.165, 1.54) is 80.6 Å². The molecule has 25 aromatic rings. The van der Waals surface area contributed by atoms with Gasteiger partial charge in [0.25, 0.3) is 0 Å². The van der Waals surface area contributed by atoms with Gasteiger partial charge in [0.1, 0.15) is 11.2 Å². The van der Waals surface area contributed by atoms with Crippen LogP contribution in [-0.2, 0) is 0 Å². The van der Waals surface area contributed by atoms with Gasteiger partial charge in [0.05, 0.1) is 33.1 Å². The molecular formula is C125H85N7OS. The fraction of sp³-hybridized carbons (Fsp3) is 0. The Morgan fingerprint density at radius 3 is 1.02 bits per heavy atom. The number of para-hydroxylation sites is 10. The number of pyridine rings is 1. The lowest BCUT2D eigenvalue weighted by Crippen LogP contribution is -2.14. The summed E-state index contributed by atoms with van der Waals surface area (Å²) < 4.78 is 14.3. The molecule has 25 rings (SSSR count). The van der Waals surface area contributed by atoms with Crippen LogP contribution in [0.15, 0.2) is 520 Å². The van der Waals surface area contributed by atoms with Gasteiger partial charge in [-0.2, -0.15) is 0 Å². The number of benzene rings is 20. The predicted molar refractivity (Wildman–Crippen MR) is 565 cm³/mol. The predicted octanol–water partition coefficient (Wildman–Crippen LogP) is 35.4. The lowest BCUT2D eigenvalue weighted by Gasteiger charge is -2.31. The second kappa shape index (κ2) is 34.8. The van der Waals surface area contributed by atoms with E-state index in [0.29, 0.717) is 0 Å². The van der Waals surface area contributed by atoms with E-state index < -0.39 is 0 Å². The number of hydrogen-bond acceptors (Lipinski definition) is 7. The summed E-state index contributed by atoms with van der Waals surface area (Å²) in [7, 11) is 0. The van der Waals surface area contributed by atoms with E-state index in [4.69, 9.17) is 4.42 Å². The Morgan fingerprint density at radius 1 is 0.201 bits per heavy atom. The van der Waals surface area contributed by atoms with E-state index >= 15 is 0 Å². The van der Waals surface area contributed by atoms with Crippen LogP contribution in [0, 0.1) is 0 Å². The molecule has 0 amide bonds. The topological polar surface area (TPSA) is 48.9 Å². The van der Waals surface area contributed by atoms with Gasteiger partial charge in [-0.3, -0.25) is 4.98 Å². The summed E-state index contributed by atoms with van der Waals surface area (Å²) in [6.07, 6.45) is 3.75. The van der Waals surface area contributed by atoms with Gasteiger partial charge in [0.15, 0.2) is 0 Å². The highest BCUT2D eigenvalue weighted by Gasteiger charge is 2.30. The molecule has 0 fully saturated rings. The van der Waals surface area contributed by atoms with Crippen molar-refractivity contribution in [3.8, 4) is 67.0 Å². The molecule has 632 valence electrons. The van der Waals surface area contributed by atoms with E-state index in [1.54, 1.807) is 0 Å². The largest absolute Gasteiger partial charge is 0.456 e. The molecule has 5 aromatic heterocycles. The Hall–Kier alpha value is -17.6. The fourth-order valence-corrected chi connectivity index (χ4v) is 21.0. The third-order valence-corrected chi connectivity index (χ3v) is 26.8. The van der Waals surface area contributed by atoms with Gasteiger partial charge in [-0.05, 0) is 238 Å². The minimum atomic E-state index is 0.841. The number of hydrogen-bond donors (Lipinski definition) is 0. The van der Waals surface area contributed by atoms with E-state index in [1.807, 2.05) is 23.7 Å². The van der Waals surface area contributed by atoms with E-state index in [-0.39, 0.29) is 0 Å². The number of fused-ring (bicyclic) bond motifs is 14. The maximum absolute atomic E-state index is 6.87.